The number of halogens is 1. The van der Waals surface area contributed by atoms with Crippen molar-refractivity contribution in [3.8, 4) is 0 Å². The van der Waals surface area contributed by atoms with Gasteiger partial charge in [0.15, 0.2) is 10.4 Å². The number of hydrogen-bond donors (Lipinski definition) is 1. The monoisotopic (exact) mass is 430 g/mol. The molecule has 6 heteroatoms. The van der Waals surface area contributed by atoms with Gasteiger partial charge in [-0.25, -0.2) is 0 Å². The predicted molar refractivity (Wildman–Crippen MR) is 106 cm³/mol. The molecule has 1 amide bonds. The number of thiophene rings is 1. The van der Waals surface area contributed by atoms with Gasteiger partial charge in [0, 0.05) is 24.5 Å². The van der Waals surface area contributed by atoms with Crippen molar-refractivity contribution in [2.75, 3.05) is 13.1 Å². The van der Waals surface area contributed by atoms with Crippen molar-refractivity contribution in [2.24, 2.45) is 0 Å². The Balaban J connectivity index is 1.50. The smallest absolute Gasteiger partial charge is 0.287 e. The van der Waals surface area contributed by atoms with Crippen LogP contribution in [0.5, 0.6) is 0 Å². The Hall–Kier alpha value is -1.89. The molecule has 3 aromatic rings. The van der Waals surface area contributed by atoms with E-state index in [2.05, 4.69) is 67.9 Å². The van der Waals surface area contributed by atoms with Gasteiger partial charge in [0.1, 0.15) is 0 Å². The largest absolute Gasteiger partial charge is 0.444 e. The van der Waals surface area contributed by atoms with Gasteiger partial charge in [-0.15, -0.1) is 11.3 Å². The predicted octanol–water partition coefficient (Wildman–Crippen LogP) is 4.63. The summed E-state index contributed by atoms with van der Waals surface area (Å²) in [5.41, 5.74) is 2.81. The zero-order chi connectivity index (χ0) is 17.9. The number of carbonyl (C=O) groups excluding carboxylic acids is 1. The molecular weight excluding hydrogens is 412 g/mol. The van der Waals surface area contributed by atoms with Crippen LogP contribution >= 0.6 is 27.3 Å². The zero-order valence-electron chi connectivity index (χ0n) is 14.2. The Labute approximate surface area is 165 Å². The van der Waals surface area contributed by atoms with Crippen LogP contribution in [0.25, 0.3) is 0 Å². The number of benzene rings is 1. The SMILES string of the molecule is O=C(NC[C@H](c1cccs1)N1CCc2ccccc2C1)c1ccc(Br)o1. The van der Waals surface area contributed by atoms with Crippen molar-refractivity contribution in [1.82, 2.24) is 10.2 Å². The Bertz CT molecular complexity index is 891. The normalized spacial score (nSPS) is 15.4. The molecule has 3 heterocycles. The molecule has 4 nitrogen and oxygen atoms in total. The number of nitrogens with zero attached hydrogens (tertiary/aromatic N) is 1. The van der Waals surface area contributed by atoms with E-state index < -0.39 is 0 Å². The maximum Gasteiger partial charge on any atom is 0.287 e. The number of rotatable bonds is 5. The minimum atomic E-state index is -0.185. The van der Waals surface area contributed by atoms with Crippen molar-refractivity contribution in [1.29, 1.82) is 0 Å². The highest BCUT2D eigenvalue weighted by Gasteiger charge is 2.26. The molecule has 0 unspecified atom stereocenters. The maximum absolute atomic E-state index is 12.4. The Morgan fingerprint density at radius 3 is 2.77 bits per heavy atom. The molecule has 0 saturated carbocycles. The highest BCUT2D eigenvalue weighted by molar-refractivity contribution is 9.10. The van der Waals surface area contributed by atoms with E-state index in [9.17, 15) is 4.79 Å². The fourth-order valence-electron chi connectivity index (χ4n) is 3.39. The summed E-state index contributed by atoms with van der Waals surface area (Å²) in [6, 6.07) is 16.4. The molecule has 0 radical (unpaired) electrons. The van der Waals surface area contributed by atoms with Crippen LogP contribution in [0.2, 0.25) is 0 Å². The van der Waals surface area contributed by atoms with Crippen LogP contribution in [0.4, 0.5) is 0 Å². The Morgan fingerprint density at radius 1 is 1.19 bits per heavy atom. The van der Waals surface area contributed by atoms with Gasteiger partial charge in [0.2, 0.25) is 0 Å². The Kier molecular flexibility index (Phi) is 5.24. The summed E-state index contributed by atoms with van der Waals surface area (Å²) in [6.45, 7) is 2.45. The molecule has 1 aliphatic heterocycles. The number of carbonyl (C=O) groups is 1. The molecule has 0 saturated heterocycles. The van der Waals surface area contributed by atoms with Gasteiger partial charge in [-0.3, -0.25) is 9.69 Å². The van der Waals surface area contributed by atoms with Crippen LogP contribution in [0.1, 0.15) is 32.6 Å². The van der Waals surface area contributed by atoms with Crippen LogP contribution in [0.15, 0.2) is 63.0 Å². The molecular formula is C20H19BrN2O2S. The third-order valence-electron chi connectivity index (χ3n) is 4.73. The average molecular weight is 431 g/mol. The summed E-state index contributed by atoms with van der Waals surface area (Å²) >= 11 is 4.97. The molecule has 2 aromatic heterocycles. The van der Waals surface area contributed by atoms with E-state index in [1.807, 2.05) is 0 Å². The number of amides is 1. The van der Waals surface area contributed by atoms with Crippen molar-refractivity contribution in [2.45, 2.75) is 19.0 Å². The highest BCUT2D eigenvalue weighted by atomic mass is 79.9. The lowest BCUT2D eigenvalue weighted by molar-refractivity contribution is 0.0900. The van der Waals surface area contributed by atoms with Crippen molar-refractivity contribution < 1.29 is 9.21 Å². The van der Waals surface area contributed by atoms with Gasteiger partial charge in [0.25, 0.3) is 5.91 Å². The Morgan fingerprint density at radius 2 is 2.04 bits per heavy atom. The first kappa shape index (κ1) is 17.5. The minimum absolute atomic E-state index is 0.158. The van der Waals surface area contributed by atoms with Crippen molar-refractivity contribution in [3.63, 3.8) is 0 Å². The van der Waals surface area contributed by atoms with E-state index in [1.165, 1.54) is 16.0 Å². The molecule has 26 heavy (non-hydrogen) atoms. The lowest BCUT2D eigenvalue weighted by Gasteiger charge is -2.35. The summed E-state index contributed by atoms with van der Waals surface area (Å²) in [6.07, 6.45) is 1.04. The lowest BCUT2D eigenvalue weighted by atomic mass is 9.98. The summed E-state index contributed by atoms with van der Waals surface area (Å²) in [7, 11) is 0. The molecule has 4 rings (SSSR count). The average Bonchev–Trinajstić information content (AvgIpc) is 3.34. The standard InChI is InChI=1S/C20H19BrN2O2S/c21-19-8-7-17(25-19)20(24)22-12-16(18-6-3-11-26-18)23-10-9-14-4-1-2-5-15(14)13-23/h1-8,11,16H,9-10,12-13H2,(H,22,24)/t16-/m1/s1. The number of fused-ring (bicyclic) bond motifs is 1. The highest BCUT2D eigenvalue weighted by Crippen LogP contribution is 2.30. The van der Waals surface area contributed by atoms with Crippen LogP contribution in [-0.4, -0.2) is 23.9 Å². The molecule has 0 bridgehead atoms. The minimum Gasteiger partial charge on any atom is -0.444 e. The third-order valence-corrected chi connectivity index (χ3v) is 6.13. The first-order chi connectivity index (χ1) is 12.7. The molecule has 0 fully saturated rings. The van der Waals surface area contributed by atoms with Gasteiger partial charge < -0.3 is 9.73 Å². The van der Waals surface area contributed by atoms with E-state index in [1.54, 1.807) is 23.5 Å². The molecule has 1 atom stereocenters. The molecule has 0 spiro atoms. The van der Waals surface area contributed by atoms with E-state index in [0.29, 0.717) is 17.0 Å². The third kappa shape index (κ3) is 3.77. The van der Waals surface area contributed by atoms with Gasteiger partial charge in [0.05, 0.1) is 6.04 Å². The first-order valence-electron chi connectivity index (χ1n) is 8.58. The van der Waals surface area contributed by atoms with Gasteiger partial charge >= 0.3 is 0 Å². The lowest BCUT2D eigenvalue weighted by Crippen LogP contribution is -2.40. The second-order valence-corrected chi connectivity index (χ2v) is 8.10. The zero-order valence-corrected chi connectivity index (χ0v) is 16.6. The van der Waals surface area contributed by atoms with Crippen LogP contribution in [0.3, 0.4) is 0 Å². The maximum atomic E-state index is 12.4. The fraction of sp³-hybridized carbons (Fsp3) is 0.250. The van der Waals surface area contributed by atoms with E-state index in [4.69, 9.17) is 4.42 Å². The van der Waals surface area contributed by atoms with Crippen molar-refractivity contribution >= 4 is 33.2 Å². The molecule has 1 aromatic carbocycles. The van der Waals surface area contributed by atoms with Gasteiger partial charge in [-0.1, -0.05) is 30.3 Å². The topological polar surface area (TPSA) is 45.5 Å². The summed E-state index contributed by atoms with van der Waals surface area (Å²) in [5.74, 6) is 0.139. The van der Waals surface area contributed by atoms with E-state index in [0.717, 1.165) is 19.5 Å². The van der Waals surface area contributed by atoms with E-state index in [-0.39, 0.29) is 11.9 Å². The quantitative estimate of drug-likeness (QED) is 0.641. The van der Waals surface area contributed by atoms with Crippen molar-refractivity contribution in [3.05, 3.63) is 80.3 Å². The summed E-state index contributed by atoms with van der Waals surface area (Å²) in [5, 5.41) is 5.12. The van der Waals surface area contributed by atoms with E-state index >= 15 is 0 Å². The molecule has 0 aliphatic carbocycles. The molecule has 134 valence electrons. The van der Waals surface area contributed by atoms with Crippen LogP contribution in [-0.2, 0) is 13.0 Å². The summed E-state index contributed by atoms with van der Waals surface area (Å²) in [4.78, 5) is 16.1. The molecule has 1 N–H and O–H groups in total. The van der Waals surface area contributed by atoms with Crippen LogP contribution < -0.4 is 5.32 Å². The fourth-order valence-corrected chi connectivity index (χ4v) is 4.55. The number of nitrogens with one attached hydrogen (secondary N) is 1. The van der Waals surface area contributed by atoms with Crippen LogP contribution in [0, 0.1) is 0 Å². The first-order valence-corrected chi connectivity index (χ1v) is 10.3. The number of furan rings is 1. The second kappa shape index (κ2) is 7.78. The van der Waals surface area contributed by atoms with Gasteiger partial charge in [-0.2, -0.15) is 0 Å². The summed E-state index contributed by atoms with van der Waals surface area (Å²) < 4.78 is 5.91. The molecule has 1 aliphatic rings. The number of hydrogen-bond acceptors (Lipinski definition) is 4. The van der Waals surface area contributed by atoms with Gasteiger partial charge in [-0.05, 0) is 57.1 Å². The second-order valence-electron chi connectivity index (χ2n) is 6.33.